The summed E-state index contributed by atoms with van der Waals surface area (Å²) >= 11 is 0. The topological polar surface area (TPSA) is 60.8 Å². The van der Waals surface area contributed by atoms with Crippen molar-refractivity contribution >= 4 is 5.78 Å². The molecule has 3 aliphatic carbocycles. The number of alkyl halides is 3. The fraction of sp³-hybridized carbons (Fsp3) is 0.447. The van der Waals surface area contributed by atoms with E-state index >= 15 is 0 Å². The van der Waals surface area contributed by atoms with E-state index in [-0.39, 0.29) is 11.5 Å². The SMILES string of the molecule is CC1=CCC[C@@]2(C)[C@@H](CC[C@@]2(O)CN2Cc3ccccc3C2)c2ccc(cc2C(=O)c2cccc(C(F)(F)F)c2)C[C@@H](O)CC1. The van der Waals surface area contributed by atoms with Gasteiger partial charge in [-0.2, -0.15) is 13.2 Å². The highest BCUT2D eigenvalue weighted by Gasteiger charge is 2.57. The predicted molar refractivity (Wildman–Crippen MR) is 169 cm³/mol. The van der Waals surface area contributed by atoms with Crippen LogP contribution in [0.1, 0.15) is 102 Å². The quantitative estimate of drug-likeness (QED) is 0.230. The highest BCUT2D eigenvalue weighted by atomic mass is 19.4. The third-order valence-corrected chi connectivity index (χ3v) is 10.8. The maximum absolute atomic E-state index is 14.1. The molecule has 0 saturated heterocycles. The van der Waals surface area contributed by atoms with Gasteiger partial charge in [0.2, 0.25) is 0 Å². The third-order valence-electron chi connectivity index (χ3n) is 10.8. The molecular weight excluding hydrogens is 575 g/mol. The van der Waals surface area contributed by atoms with Gasteiger partial charge in [-0.3, -0.25) is 9.69 Å². The molecular formula is C38H42F3NO3. The maximum atomic E-state index is 14.1. The number of carbonyl (C=O) groups excluding carboxylic acids is 1. The number of fused-ring (bicyclic) bond motifs is 9. The highest BCUT2D eigenvalue weighted by Crippen LogP contribution is 2.59. The van der Waals surface area contributed by atoms with Gasteiger partial charge in [0.1, 0.15) is 0 Å². The molecule has 7 heteroatoms. The standard InChI is InChI=1S/C38H42F3NO3/c1-25-7-6-17-36(2)34(16-18-37(36,45)24-42-22-28-8-3-4-9-29(28)23-42)32-15-13-26(19-31(43)14-12-25)20-33(32)35(44)27-10-5-11-30(21-27)38(39,40)41/h3-5,7-11,13,15,20-21,31,34,43,45H,6,12,14,16-19,22-24H2,1-2H3/t31-,34-,36-,37+/m0/s1. The fourth-order valence-corrected chi connectivity index (χ4v) is 8.07. The summed E-state index contributed by atoms with van der Waals surface area (Å²) in [6.45, 7) is 6.27. The number of halogens is 3. The number of benzene rings is 3. The van der Waals surface area contributed by atoms with Crippen LogP contribution >= 0.6 is 0 Å². The highest BCUT2D eigenvalue weighted by molar-refractivity contribution is 6.10. The van der Waals surface area contributed by atoms with Crippen molar-refractivity contribution < 1.29 is 28.2 Å². The van der Waals surface area contributed by atoms with E-state index in [1.165, 1.54) is 28.8 Å². The summed E-state index contributed by atoms with van der Waals surface area (Å²) in [6, 6.07) is 18.6. The normalized spacial score (nSPS) is 27.5. The van der Waals surface area contributed by atoms with Crippen LogP contribution in [0.2, 0.25) is 0 Å². The summed E-state index contributed by atoms with van der Waals surface area (Å²) in [6.07, 6.45) is 1.33. The molecule has 4 aliphatic rings. The van der Waals surface area contributed by atoms with Gasteiger partial charge in [-0.15, -0.1) is 0 Å². The van der Waals surface area contributed by atoms with Crippen LogP contribution < -0.4 is 0 Å². The molecule has 3 aromatic rings. The first-order chi connectivity index (χ1) is 21.4. The smallest absolute Gasteiger partial charge is 0.393 e. The Kier molecular flexibility index (Phi) is 8.57. The second-order valence-corrected chi connectivity index (χ2v) is 13.8. The van der Waals surface area contributed by atoms with Gasteiger partial charge in [0.05, 0.1) is 17.3 Å². The molecule has 0 unspecified atom stereocenters. The zero-order valence-electron chi connectivity index (χ0n) is 26.0. The third kappa shape index (κ3) is 6.27. The van der Waals surface area contributed by atoms with Gasteiger partial charge in [-0.25, -0.2) is 0 Å². The molecule has 1 heterocycles. The van der Waals surface area contributed by atoms with E-state index < -0.39 is 34.6 Å². The first kappa shape index (κ1) is 31.7. The summed E-state index contributed by atoms with van der Waals surface area (Å²) in [4.78, 5) is 16.5. The monoisotopic (exact) mass is 617 g/mol. The van der Waals surface area contributed by atoms with Crippen molar-refractivity contribution in [2.45, 2.75) is 95.7 Å². The van der Waals surface area contributed by atoms with Gasteiger partial charge in [0, 0.05) is 36.2 Å². The molecule has 2 bridgehead atoms. The summed E-state index contributed by atoms with van der Waals surface area (Å²) in [5.74, 6) is -0.657. The maximum Gasteiger partial charge on any atom is 0.416 e. The number of ketones is 1. The lowest BCUT2D eigenvalue weighted by Gasteiger charge is -2.45. The summed E-state index contributed by atoms with van der Waals surface area (Å²) < 4.78 is 40.9. The Hall–Kier alpha value is -3.26. The van der Waals surface area contributed by atoms with Gasteiger partial charge < -0.3 is 10.2 Å². The molecule has 0 spiro atoms. The lowest BCUT2D eigenvalue weighted by Crippen LogP contribution is -2.51. The van der Waals surface area contributed by atoms with Crippen molar-refractivity contribution in [3.8, 4) is 0 Å². The summed E-state index contributed by atoms with van der Waals surface area (Å²) in [5.41, 5.74) is 3.12. The van der Waals surface area contributed by atoms with E-state index in [9.17, 15) is 28.2 Å². The molecule has 238 valence electrons. The van der Waals surface area contributed by atoms with E-state index in [1.807, 2.05) is 24.3 Å². The van der Waals surface area contributed by atoms with Crippen LogP contribution in [0.3, 0.4) is 0 Å². The Morgan fingerprint density at radius 2 is 1.71 bits per heavy atom. The number of rotatable bonds is 4. The van der Waals surface area contributed by atoms with Crippen LogP contribution in [0.25, 0.3) is 0 Å². The van der Waals surface area contributed by atoms with Crippen molar-refractivity contribution in [1.82, 2.24) is 4.90 Å². The van der Waals surface area contributed by atoms with Crippen LogP contribution in [0.5, 0.6) is 0 Å². The number of aliphatic hydroxyl groups excluding tert-OH is 1. The van der Waals surface area contributed by atoms with Gasteiger partial charge >= 0.3 is 6.18 Å². The molecule has 45 heavy (non-hydrogen) atoms. The average molecular weight is 618 g/mol. The largest absolute Gasteiger partial charge is 0.416 e. The van der Waals surface area contributed by atoms with Gasteiger partial charge in [-0.05, 0) is 98.2 Å². The lowest BCUT2D eigenvalue weighted by molar-refractivity contribution is -0.137. The second kappa shape index (κ2) is 12.2. The zero-order chi connectivity index (χ0) is 32.0. The molecule has 4 nitrogen and oxygen atoms in total. The Balaban J connectivity index is 1.42. The van der Waals surface area contributed by atoms with E-state index in [0.717, 1.165) is 49.2 Å². The molecule has 1 aliphatic heterocycles. The molecule has 1 fully saturated rings. The van der Waals surface area contributed by atoms with Crippen molar-refractivity contribution in [3.05, 3.63) is 117 Å². The summed E-state index contributed by atoms with van der Waals surface area (Å²) in [7, 11) is 0. The summed E-state index contributed by atoms with van der Waals surface area (Å²) in [5, 5.41) is 23.4. The number of carbonyl (C=O) groups is 1. The van der Waals surface area contributed by atoms with Gasteiger partial charge in [0.15, 0.2) is 5.78 Å². The molecule has 1 saturated carbocycles. The zero-order valence-corrected chi connectivity index (χ0v) is 26.0. The van der Waals surface area contributed by atoms with E-state index in [0.29, 0.717) is 44.2 Å². The molecule has 7 rings (SSSR count). The van der Waals surface area contributed by atoms with Crippen molar-refractivity contribution in [3.63, 3.8) is 0 Å². The number of hydrogen-bond acceptors (Lipinski definition) is 4. The Labute approximate surface area is 263 Å². The van der Waals surface area contributed by atoms with Crippen LogP contribution in [0, 0.1) is 5.41 Å². The minimum Gasteiger partial charge on any atom is -0.393 e. The van der Waals surface area contributed by atoms with E-state index in [2.05, 4.69) is 37.0 Å². The van der Waals surface area contributed by atoms with Crippen LogP contribution in [-0.2, 0) is 25.7 Å². The molecule has 3 aromatic carbocycles. The Morgan fingerprint density at radius 1 is 0.978 bits per heavy atom. The van der Waals surface area contributed by atoms with E-state index in [4.69, 9.17) is 0 Å². The molecule has 0 radical (unpaired) electrons. The fourth-order valence-electron chi connectivity index (χ4n) is 8.07. The second-order valence-electron chi connectivity index (χ2n) is 13.8. The van der Waals surface area contributed by atoms with Crippen LogP contribution in [0.4, 0.5) is 13.2 Å². The number of allylic oxidation sites excluding steroid dienone is 2. The first-order valence-corrected chi connectivity index (χ1v) is 16.1. The number of nitrogens with zero attached hydrogens (tertiary/aromatic N) is 1. The molecule has 4 atom stereocenters. The molecule has 0 amide bonds. The first-order valence-electron chi connectivity index (χ1n) is 16.1. The minimum absolute atomic E-state index is 0.0201. The van der Waals surface area contributed by atoms with E-state index in [1.54, 1.807) is 6.07 Å². The lowest BCUT2D eigenvalue weighted by atomic mass is 9.64. The number of aliphatic hydroxyl groups is 2. The Morgan fingerprint density at radius 3 is 2.42 bits per heavy atom. The number of β-amino-alcohol motifs (C(OH)–C–C–N with tert-alkyl or cyclic N) is 1. The minimum atomic E-state index is -4.57. The number of hydrogen-bond donors (Lipinski definition) is 2. The average Bonchev–Trinajstić information content (AvgIpc) is 3.52. The van der Waals surface area contributed by atoms with Crippen molar-refractivity contribution in [2.24, 2.45) is 5.41 Å². The van der Waals surface area contributed by atoms with Crippen molar-refractivity contribution in [2.75, 3.05) is 6.54 Å². The molecule has 0 aromatic heterocycles. The van der Waals surface area contributed by atoms with Gasteiger partial charge in [0.25, 0.3) is 0 Å². The predicted octanol–water partition coefficient (Wildman–Crippen LogP) is 7.99. The molecule has 2 N–H and O–H groups in total. The van der Waals surface area contributed by atoms with Crippen molar-refractivity contribution in [1.29, 1.82) is 0 Å². The van der Waals surface area contributed by atoms with Gasteiger partial charge in [-0.1, -0.05) is 67.1 Å². The Bertz CT molecular complexity index is 1590. The van der Waals surface area contributed by atoms with Crippen LogP contribution in [0.15, 0.2) is 78.4 Å². The van der Waals surface area contributed by atoms with Crippen LogP contribution in [-0.4, -0.2) is 39.1 Å².